The Morgan fingerprint density at radius 2 is 1.83 bits per heavy atom. The topological polar surface area (TPSA) is 131 Å². The largest absolute Gasteiger partial charge is 0.493 e. The summed E-state index contributed by atoms with van der Waals surface area (Å²) >= 11 is 0. The number of methoxy groups -OCH3 is 1. The molecule has 0 aliphatic carbocycles. The summed E-state index contributed by atoms with van der Waals surface area (Å²) in [5.74, 6) is 1.66. The molecule has 1 heterocycles. The van der Waals surface area contributed by atoms with Crippen molar-refractivity contribution in [3.05, 3.63) is 29.6 Å². The van der Waals surface area contributed by atoms with E-state index in [1.165, 1.54) is 6.21 Å². The van der Waals surface area contributed by atoms with Crippen molar-refractivity contribution in [1.29, 1.82) is 0 Å². The Bertz CT molecular complexity index is 700. The van der Waals surface area contributed by atoms with Crippen LogP contribution < -0.4 is 20.9 Å². The zero-order valence-electron chi connectivity index (χ0n) is 13.8. The second-order valence-corrected chi connectivity index (χ2v) is 5.05. The third-order valence-corrected chi connectivity index (χ3v) is 2.74. The number of nitrogens with two attached hydrogens (primary N) is 2. The molecule has 9 nitrogen and oxygen atoms in total. The molecule has 0 unspecified atom stereocenters. The highest BCUT2D eigenvalue weighted by molar-refractivity contribution is 5.80. The standard InChI is InChI=1S/C15H20N6O3/c1-9(2)24-11-5-4-10(6-12(11)22-3)7-18-23-8-13-19-14(16)21-15(17)20-13/h4-7,9H,8H2,1-3H3,(H4,16,17,19,20,21)/b18-7-. The maximum atomic E-state index is 5.65. The molecule has 1 aromatic carbocycles. The molecule has 128 valence electrons. The molecule has 0 fully saturated rings. The molecular formula is C15H20N6O3. The maximum Gasteiger partial charge on any atom is 0.225 e. The summed E-state index contributed by atoms with van der Waals surface area (Å²) in [5.41, 5.74) is 11.7. The predicted octanol–water partition coefficient (Wildman–Crippen LogP) is 1.38. The Morgan fingerprint density at radius 3 is 2.46 bits per heavy atom. The first kappa shape index (κ1) is 17.3. The molecule has 0 radical (unpaired) electrons. The van der Waals surface area contributed by atoms with Gasteiger partial charge in [0.2, 0.25) is 11.9 Å². The molecule has 4 N–H and O–H groups in total. The van der Waals surface area contributed by atoms with Crippen LogP contribution in [0.15, 0.2) is 23.4 Å². The molecule has 0 aliphatic rings. The lowest BCUT2D eigenvalue weighted by Gasteiger charge is -2.13. The van der Waals surface area contributed by atoms with Gasteiger partial charge in [0, 0.05) is 5.56 Å². The molecule has 0 saturated carbocycles. The van der Waals surface area contributed by atoms with E-state index >= 15 is 0 Å². The summed E-state index contributed by atoms with van der Waals surface area (Å²) in [6.07, 6.45) is 1.59. The van der Waals surface area contributed by atoms with Crippen LogP contribution in [-0.4, -0.2) is 34.4 Å². The number of benzene rings is 1. The van der Waals surface area contributed by atoms with Crippen molar-refractivity contribution in [3.8, 4) is 11.5 Å². The van der Waals surface area contributed by atoms with E-state index in [-0.39, 0.29) is 24.6 Å². The summed E-state index contributed by atoms with van der Waals surface area (Å²) in [4.78, 5) is 16.6. The van der Waals surface area contributed by atoms with Gasteiger partial charge in [-0.25, -0.2) is 0 Å². The molecule has 1 aromatic heterocycles. The zero-order chi connectivity index (χ0) is 17.5. The monoisotopic (exact) mass is 332 g/mol. The van der Waals surface area contributed by atoms with Gasteiger partial charge in [-0.15, -0.1) is 0 Å². The van der Waals surface area contributed by atoms with Gasteiger partial charge < -0.3 is 25.8 Å². The van der Waals surface area contributed by atoms with Gasteiger partial charge in [-0.3, -0.25) is 0 Å². The summed E-state index contributed by atoms with van der Waals surface area (Å²) in [5, 5.41) is 3.86. The lowest BCUT2D eigenvalue weighted by molar-refractivity contribution is 0.126. The minimum atomic E-state index is 0.0269. The quantitative estimate of drug-likeness (QED) is 0.574. The van der Waals surface area contributed by atoms with Crippen molar-refractivity contribution in [2.45, 2.75) is 26.6 Å². The van der Waals surface area contributed by atoms with E-state index in [4.69, 9.17) is 25.8 Å². The molecule has 2 aromatic rings. The van der Waals surface area contributed by atoms with E-state index < -0.39 is 0 Å². The molecule has 0 spiro atoms. The van der Waals surface area contributed by atoms with Crippen molar-refractivity contribution in [3.63, 3.8) is 0 Å². The van der Waals surface area contributed by atoms with Crippen LogP contribution in [0.5, 0.6) is 11.5 Å². The van der Waals surface area contributed by atoms with Crippen molar-refractivity contribution in [2.24, 2.45) is 5.16 Å². The third kappa shape index (κ3) is 4.97. The van der Waals surface area contributed by atoms with Crippen molar-refractivity contribution in [1.82, 2.24) is 15.0 Å². The Morgan fingerprint density at radius 1 is 1.12 bits per heavy atom. The normalized spacial score (nSPS) is 11.0. The Labute approximate surface area is 139 Å². The minimum absolute atomic E-state index is 0.0269. The molecule has 2 rings (SSSR count). The van der Waals surface area contributed by atoms with Crippen LogP contribution >= 0.6 is 0 Å². The number of hydrogen-bond acceptors (Lipinski definition) is 9. The van der Waals surface area contributed by atoms with Gasteiger partial charge in [0.1, 0.15) is 0 Å². The molecular weight excluding hydrogens is 312 g/mol. The van der Waals surface area contributed by atoms with Gasteiger partial charge in [-0.2, -0.15) is 15.0 Å². The van der Waals surface area contributed by atoms with E-state index in [0.29, 0.717) is 17.3 Å². The maximum absolute atomic E-state index is 5.65. The SMILES string of the molecule is COc1cc(/C=N\OCc2nc(N)nc(N)n2)ccc1OC(C)C. The van der Waals surface area contributed by atoms with Crippen molar-refractivity contribution in [2.75, 3.05) is 18.6 Å². The second kappa shape index (κ2) is 7.95. The van der Waals surface area contributed by atoms with Gasteiger partial charge in [0.25, 0.3) is 0 Å². The number of aromatic nitrogens is 3. The number of nitrogens with zero attached hydrogens (tertiary/aromatic N) is 4. The third-order valence-electron chi connectivity index (χ3n) is 2.74. The number of oxime groups is 1. The predicted molar refractivity (Wildman–Crippen MR) is 89.8 cm³/mol. The molecule has 0 amide bonds. The highest BCUT2D eigenvalue weighted by Gasteiger charge is 2.07. The molecule has 0 atom stereocenters. The zero-order valence-corrected chi connectivity index (χ0v) is 13.8. The molecule has 0 saturated heterocycles. The van der Waals surface area contributed by atoms with Gasteiger partial charge in [0.15, 0.2) is 23.9 Å². The molecule has 24 heavy (non-hydrogen) atoms. The van der Waals surface area contributed by atoms with Crippen LogP contribution in [-0.2, 0) is 11.4 Å². The number of rotatable bonds is 7. The van der Waals surface area contributed by atoms with E-state index in [1.54, 1.807) is 13.2 Å². The average molecular weight is 332 g/mol. The lowest BCUT2D eigenvalue weighted by Crippen LogP contribution is -2.07. The van der Waals surface area contributed by atoms with E-state index in [9.17, 15) is 0 Å². The van der Waals surface area contributed by atoms with E-state index in [2.05, 4.69) is 20.1 Å². The van der Waals surface area contributed by atoms with Crippen LogP contribution in [0.3, 0.4) is 0 Å². The van der Waals surface area contributed by atoms with Gasteiger partial charge in [-0.1, -0.05) is 5.16 Å². The van der Waals surface area contributed by atoms with Crippen molar-refractivity contribution < 1.29 is 14.3 Å². The number of hydrogen-bond donors (Lipinski definition) is 2. The van der Waals surface area contributed by atoms with Crippen molar-refractivity contribution >= 4 is 18.1 Å². The smallest absolute Gasteiger partial charge is 0.225 e. The Hall–Kier alpha value is -3.10. The number of anilines is 2. The fraction of sp³-hybridized carbons (Fsp3) is 0.333. The first-order chi connectivity index (χ1) is 11.5. The molecule has 0 bridgehead atoms. The van der Waals surface area contributed by atoms with E-state index in [1.807, 2.05) is 26.0 Å². The fourth-order valence-corrected chi connectivity index (χ4v) is 1.83. The minimum Gasteiger partial charge on any atom is -0.493 e. The fourth-order valence-electron chi connectivity index (χ4n) is 1.83. The molecule has 9 heteroatoms. The summed E-state index contributed by atoms with van der Waals surface area (Å²) in [6.45, 7) is 3.92. The van der Waals surface area contributed by atoms with Gasteiger partial charge >= 0.3 is 0 Å². The van der Waals surface area contributed by atoms with Crippen LogP contribution in [0, 0.1) is 0 Å². The Kier molecular flexibility index (Phi) is 5.72. The summed E-state index contributed by atoms with van der Waals surface area (Å²) < 4.78 is 11.0. The highest BCUT2D eigenvalue weighted by Crippen LogP contribution is 2.28. The van der Waals surface area contributed by atoms with Crippen LogP contribution in [0.2, 0.25) is 0 Å². The Balaban J connectivity index is 1.98. The van der Waals surface area contributed by atoms with Gasteiger partial charge in [-0.05, 0) is 32.0 Å². The van der Waals surface area contributed by atoms with Gasteiger partial charge in [0.05, 0.1) is 19.4 Å². The summed E-state index contributed by atoms with van der Waals surface area (Å²) in [6, 6.07) is 5.45. The van der Waals surface area contributed by atoms with E-state index in [0.717, 1.165) is 5.56 Å². The highest BCUT2D eigenvalue weighted by atomic mass is 16.6. The second-order valence-electron chi connectivity index (χ2n) is 5.05. The first-order valence-corrected chi connectivity index (χ1v) is 7.24. The molecule has 0 aliphatic heterocycles. The van der Waals surface area contributed by atoms with Crippen LogP contribution in [0.25, 0.3) is 0 Å². The lowest BCUT2D eigenvalue weighted by atomic mass is 10.2. The first-order valence-electron chi connectivity index (χ1n) is 7.24. The average Bonchev–Trinajstić information content (AvgIpc) is 2.51. The van der Waals surface area contributed by atoms with Crippen LogP contribution in [0.1, 0.15) is 25.2 Å². The number of nitrogen functional groups attached to an aromatic ring is 2. The van der Waals surface area contributed by atoms with Crippen LogP contribution in [0.4, 0.5) is 11.9 Å². The number of ether oxygens (including phenoxy) is 2. The summed E-state index contributed by atoms with van der Waals surface area (Å²) in [7, 11) is 1.58.